The predicted octanol–water partition coefficient (Wildman–Crippen LogP) is 15.2. The highest BCUT2D eigenvalue weighted by molar-refractivity contribution is 8.16. The summed E-state index contributed by atoms with van der Waals surface area (Å²) in [5, 5.41) is 4.78. The highest BCUT2D eigenvalue weighted by Gasteiger charge is 2.72. The first-order valence-electron chi connectivity index (χ1n) is 43.0. The number of aliphatic imine (C=N–C) groups is 4. The lowest BCUT2D eigenvalue weighted by atomic mass is 9.83. The quantitative estimate of drug-likeness (QED) is 0.0192. The van der Waals surface area contributed by atoms with Gasteiger partial charge in [-0.15, -0.1) is 19.3 Å². The standard InChI is InChI=1S/C25H26F2N6O3S.2C24H24F2N4O2S.C23H22F2N4O2S/c1-12-5-15(6-16(22(12)27)24(4)19-8-25(19,13(2)26)37-23(28)32-24)7-18(34)17-9-30-20(10-29-17)35-11-21-31-14(3)33-36-21;1-5-13(2)32-21-12-28-18(11-29-21)19(31)9-15-6-7-17(26)16(8-15)23(4)20-10-24(20,14(3)25)33-22(27)30-23;1-5-6-32-20-12-28-17(11-29-20)18(31)9-15-7-13(2)21(26)16(8-15)23(4)19-10-24(19,14(3)25)33-22(27)30-23;1-4-6-31-19-12-27-16(11-28-19)17(30)9-13-7-14(20(25)15(24)8-13)22(3)18-10-23(18,5-2)32-21(26)29-22/h5-6,9-10,13,19H,7-8,11H2,1-4H3,(H2,28,32);1,6-8,11-14,20H,9-10H2,2-4H3,(H2,27,30);1,7-8,11-12,14,19H,6,9-10H2,2-4H3,(H2,27,30);1,7-8,11-12,18H,5-6,9-10H2,2-3H3,(H2,26,29)/t13?,19-,24+,25+;13-,14?,20-,23+,24+;14?,19-,23+,24+;18-,22+,23-/m0000/s1. The van der Waals surface area contributed by atoms with Crippen molar-refractivity contribution in [3.63, 3.8) is 0 Å². The van der Waals surface area contributed by atoms with Gasteiger partial charge in [0, 0.05) is 76.4 Å². The normalized spacial score (nSPS) is 26.3. The molecule has 4 aliphatic carbocycles. The van der Waals surface area contributed by atoms with Crippen LogP contribution in [0.25, 0.3) is 0 Å². The smallest absolute Gasteiger partial charge is 0.264 e. The fourth-order valence-corrected chi connectivity index (χ4v) is 24.0. The molecule has 27 nitrogen and oxygen atoms in total. The summed E-state index contributed by atoms with van der Waals surface area (Å²) in [5.74, 6) is 3.56. The number of hydrogen-bond acceptors (Lipinski definition) is 31. The molecule has 0 amide bonds. The number of carbonyl (C=O) groups is 4. The Balaban J connectivity index is 0.000000144. The minimum absolute atomic E-state index is 0.00723. The molecule has 3 unspecified atom stereocenters. The molecule has 135 heavy (non-hydrogen) atoms. The van der Waals surface area contributed by atoms with Gasteiger partial charge in [-0.1, -0.05) is 95.1 Å². The van der Waals surface area contributed by atoms with Crippen molar-refractivity contribution in [2.45, 2.75) is 213 Å². The highest BCUT2D eigenvalue weighted by atomic mass is 32.2. The summed E-state index contributed by atoms with van der Waals surface area (Å²) in [4.78, 5) is 106. The summed E-state index contributed by atoms with van der Waals surface area (Å²) >= 11 is 5.21. The molecule has 0 spiro atoms. The van der Waals surface area contributed by atoms with Gasteiger partial charge in [0.25, 0.3) is 5.89 Å². The monoisotopic (exact) mass is 1920 g/mol. The number of terminal acetylenes is 3. The summed E-state index contributed by atoms with van der Waals surface area (Å²) in [5.41, 5.74) is 24.6. The zero-order valence-corrected chi connectivity index (χ0v) is 78.8. The van der Waals surface area contributed by atoms with Gasteiger partial charge < -0.3 is 46.4 Å². The second kappa shape index (κ2) is 38.8. The molecular weight excluding hydrogens is 1830 g/mol. The second-order valence-corrected chi connectivity index (χ2v) is 40.6. The summed E-state index contributed by atoms with van der Waals surface area (Å²) in [7, 11) is 0. The summed E-state index contributed by atoms with van der Waals surface area (Å²) in [6.07, 6.45) is 25.4. The maximum absolute atomic E-state index is 15.4. The number of aryl methyl sites for hydroxylation is 3. The Morgan fingerprint density at radius 1 is 0.459 bits per heavy atom. The number of hydrogen-bond donors (Lipinski definition) is 4. The lowest BCUT2D eigenvalue weighted by Crippen LogP contribution is -2.39. The van der Waals surface area contributed by atoms with E-state index in [4.69, 9.17) is 65.7 Å². The number of ether oxygens (including phenoxy) is 4. The summed E-state index contributed by atoms with van der Waals surface area (Å²) in [6, 6.07) is 13.5. The van der Waals surface area contributed by atoms with E-state index in [1.807, 2.05) is 0 Å². The Kier molecular flexibility index (Phi) is 28.3. The van der Waals surface area contributed by atoms with Crippen LogP contribution in [-0.4, -0.2) is 151 Å². The van der Waals surface area contributed by atoms with Crippen molar-refractivity contribution >= 4 is 90.9 Å². The minimum atomic E-state index is -1.12. The first-order chi connectivity index (χ1) is 63.9. The molecule has 4 aliphatic heterocycles. The Morgan fingerprint density at radius 3 is 1.19 bits per heavy atom. The van der Waals surface area contributed by atoms with Crippen molar-refractivity contribution in [2.24, 2.45) is 66.6 Å². The number of carbonyl (C=O) groups excluding carboxylic acids is 4. The van der Waals surface area contributed by atoms with Crippen molar-refractivity contribution in [1.82, 2.24) is 50.0 Å². The molecule has 4 aromatic carbocycles. The molecular formula is C96H96F8N18O9S4. The molecule has 16 atom stereocenters. The Morgan fingerprint density at radius 2 is 0.822 bits per heavy atom. The number of benzene rings is 4. The van der Waals surface area contributed by atoms with Gasteiger partial charge in [0.1, 0.15) is 58.7 Å². The van der Waals surface area contributed by atoms with Crippen molar-refractivity contribution in [1.29, 1.82) is 0 Å². The average Bonchev–Trinajstić information content (AvgIpc) is 1.52. The molecule has 5 aromatic heterocycles. The molecule has 0 saturated heterocycles. The van der Waals surface area contributed by atoms with Crippen molar-refractivity contribution in [3.05, 3.63) is 223 Å². The molecule has 8 N–H and O–H groups in total. The van der Waals surface area contributed by atoms with Gasteiger partial charge in [0.15, 0.2) is 87.2 Å². The van der Waals surface area contributed by atoms with Crippen LogP contribution in [0.1, 0.15) is 204 Å². The maximum Gasteiger partial charge on any atom is 0.264 e. The third kappa shape index (κ3) is 20.2. The van der Waals surface area contributed by atoms with E-state index in [1.54, 1.807) is 91.8 Å². The van der Waals surface area contributed by atoms with E-state index in [9.17, 15) is 45.5 Å². The SMILES string of the molecule is C#CCOc1cnc(C(=O)Cc2cc(C)c(F)c([C@@]3(C)N=C(N)S[C@@]4(C(C)F)C[C@@H]34)c2)cn1.C#CCOc1cnc(C(=O)Cc2cc(F)c(F)c([C@@]3(C)N=C(N)S[C@@]4(CC)C[C@H]43)c2)cn1.C#C[C@H](C)Oc1cnc(C(=O)Cc2ccc(F)c([C@@]3(C)N=C(N)S[C@@]4(C(C)F)C[C@@H]34)c2)cn1.Cc1noc(COc2cnc(C(=O)Cc3cc(C)c(F)c([C@@]4(C)N=C(N)S[C@@]5(C(C)F)C[C@@H]45)c3)cn2)n1. The van der Waals surface area contributed by atoms with Crippen LogP contribution in [-0.2, 0) is 54.4 Å². The van der Waals surface area contributed by atoms with Gasteiger partial charge in [-0.05, 0) is 178 Å². The number of alkyl halides is 3. The van der Waals surface area contributed by atoms with E-state index in [0.29, 0.717) is 86.2 Å². The zero-order valence-electron chi connectivity index (χ0n) is 75.6. The Bertz CT molecular complexity index is 6400. The lowest BCUT2D eigenvalue weighted by molar-refractivity contribution is 0.0979. The first-order valence-corrected chi connectivity index (χ1v) is 46.2. The number of halogens is 8. The molecule has 9 heterocycles. The van der Waals surface area contributed by atoms with Crippen LogP contribution >= 0.6 is 47.0 Å². The number of fused-ring (bicyclic) bond motifs is 4. The summed E-state index contributed by atoms with van der Waals surface area (Å²) in [6.45, 7) is 20.5. The first kappa shape index (κ1) is 98.6. The molecule has 9 aromatic rings. The van der Waals surface area contributed by atoms with E-state index in [2.05, 4.69) is 94.7 Å². The van der Waals surface area contributed by atoms with Crippen LogP contribution in [0, 0.1) is 111 Å². The minimum Gasteiger partial charge on any atom is -0.466 e. The third-order valence-corrected chi connectivity index (χ3v) is 31.7. The Hall–Kier alpha value is -12.4. The van der Waals surface area contributed by atoms with Gasteiger partial charge >= 0.3 is 0 Å². The number of Topliss-reactive ketones (excluding diaryl/α,β-unsaturated/α-hetero) is 4. The van der Waals surface area contributed by atoms with Crippen LogP contribution in [0.2, 0.25) is 0 Å². The van der Waals surface area contributed by atoms with Crippen LogP contribution in [0.15, 0.2) is 129 Å². The average molecular weight is 1930 g/mol. The van der Waals surface area contributed by atoms with E-state index in [0.717, 1.165) is 18.9 Å². The number of thioether (sulfide) groups is 4. The van der Waals surface area contributed by atoms with E-state index in [-0.39, 0.29) is 164 Å². The highest BCUT2D eigenvalue weighted by Crippen LogP contribution is 2.71. The fraction of sp³-hybridized carbons (Fsp3) is 0.417. The number of rotatable bonds is 29. The molecule has 0 bridgehead atoms. The van der Waals surface area contributed by atoms with Gasteiger partial charge in [-0.2, -0.15) is 4.98 Å². The number of amidine groups is 4. The maximum atomic E-state index is 15.4. The van der Waals surface area contributed by atoms with Gasteiger partial charge in [-0.3, -0.25) is 39.1 Å². The van der Waals surface area contributed by atoms with Gasteiger partial charge in [-0.25, -0.2) is 75.0 Å². The van der Waals surface area contributed by atoms with Crippen LogP contribution in [0.3, 0.4) is 0 Å². The van der Waals surface area contributed by atoms with Gasteiger partial charge in [0.2, 0.25) is 23.5 Å². The van der Waals surface area contributed by atoms with Crippen LogP contribution in [0.5, 0.6) is 23.5 Å². The molecule has 39 heteroatoms. The van der Waals surface area contributed by atoms with Crippen LogP contribution in [0.4, 0.5) is 35.1 Å². The molecule has 704 valence electrons. The van der Waals surface area contributed by atoms with E-state index < -0.39 is 90.1 Å². The number of nitrogens with two attached hydrogens (primary N) is 4. The molecule has 17 rings (SSSR count). The lowest BCUT2D eigenvalue weighted by Gasteiger charge is -2.35. The fourth-order valence-electron chi connectivity index (χ4n) is 18.4. The summed E-state index contributed by atoms with van der Waals surface area (Å²) < 4.78 is 142. The third-order valence-electron chi connectivity index (χ3n) is 25.9. The second-order valence-electron chi connectivity index (χ2n) is 35.1. The molecule has 4 fully saturated rings. The molecule has 8 aliphatic rings. The molecule has 4 saturated carbocycles. The number of aromatic nitrogens is 10. The zero-order chi connectivity index (χ0) is 97.6. The molecule has 0 radical (unpaired) electrons. The van der Waals surface area contributed by atoms with Crippen molar-refractivity contribution in [3.8, 4) is 60.6 Å². The van der Waals surface area contributed by atoms with Gasteiger partial charge in [0.05, 0.1) is 86.0 Å². The topological polar surface area (TPSA) is 401 Å². The number of ketones is 4. The number of nitrogens with zero attached hydrogens (tertiary/aromatic N) is 14. The van der Waals surface area contributed by atoms with Crippen LogP contribution < -0.4 is 41.9 Å². The Labute approximate surface area is 790 Å². The van der Waals surface area contributed by atoms with Crippen molar-refractivity contribution < 1.29 is 77.8 Å². The van der Waals surface area contributed by atoms with E-state index >= 15 is 8.78 Å². The predicted molar refractivity (Wildman–Crippen MR) is 498 cm³/mol. The van der Waals surface area contributed by atoms with Crippen molar-refractivity contribution in [2.75, 3.05) is 13.2 Å². The van der Waals surface area contributed by atoms with E-state index in [1.165, 1.54) is 130 Å². The largest absolute Gasteiger partial charge is 0.466 e.